The Morgan fingerprint density at radius 2 is 0.947 bits per heavy atom. The lowest BCUT2D eigenvalue weighted by Gasteiger charge is -2.48. The molecule has 0 N–H and O–H groups in total. The fourth-order valence-corrected chi connectivity index (χ4v) is 8.21. The van der Waals surface area contributed by atoms with Crippen LogP contribution in [0.5, 0.6) is 0 Å². The van der Waals surface area contributed by atoms with Crippen LogP contribution in [0, 0.1) is 23.7 Å². The van der Waals surface area contributed by atoms with Crippen molar-refractivity contribution in [2.24, 2.45) is 32.5 Å². The largest absolute Gasteiger partial charge is 0.282 e. The molecule has 2 bridgehead atoms. The van der Waals surface area contributed by atoms with Gasteiger partial charge in [0.2, 0.25) is 0 Å². The molecule has 10 heteroatoms. The Labute approximate surface area is 231 Å². The third kappa shape index (κ3) is 4.43. The molecular weight excluding hydrogens is 563 g/mol. The number of fused-ring (bicyclic) bond motifs is 2. The second kappa shape index (κ2) is 9.45. The van der Waals surface area contributed by atoms with E-state index < -0.39 is 20.0 Å². The van der Waals surface area contributed by atoms with Crippen molar-refractivity contribution in [2.75, 3.05) is 0 Å². The molecule has 3 aromatic rings. The molecule has 3 aromatic carbocycles. The van der Waals surface area contributed by atoms with Gasteiger partial charge in [0, 0.05) is 33.0 Å². The molecule has 4 atom stereocenters. The summed E-state index contributed by atoms with van der Waals surface area (Å²) in [6, 6.07) is 19.0. The lowest BCUT2D eigenvalue weighted by molar-refractivity contribution is 0.226. The van der Waals surface area contributed by atoms with Gasteiger partial charge in [-0.1, -0.05) is 59.6 Å². The minimum atomic E-state index is -4.05. The zero-order chi connectivity index (χ0) is 26.7. The molecule has 0 radical (unpaired) electrons. The van der Waals surface area contributed by atoms with Gasteiger partial charge in [0.1, 0.15) is 0 Å². The van der Waals surface area contributed by atoms with Crippen molar-refractivity contribution in [3.63, 3.8) is 0 Å². The normalized spacial score (nSPS) is 26.4. The quantitative estimate of drug-likeness (QED) is 0.342. The molecule has 38 heavy (non-hydrogen) atoms. The van der Waals surface area contributed by atoms with Crippen LogP contribution in [0.3, 0.4) is 0 Å². The van der Waals surface area contributed by atoms with Crippen LogP contribution in [0.2, 0.25) is 10.0 Å². The Balaban J connectivity index is 1.57. The van der Waals surface area contributed by atoms with E-state index in [1.165, 1.54) is 48.5 Å². The van der Waals surface area contributed by atoms with E-state index in [2.05, 4.69) is 20.9 Å². The summed E-state index contributed by atoms with van der Waals surface area (Å²) in [6.07, 6.45) is 5.95. The summed E-state index contributed by atoms with van der Waals surface area (Å²) >= 11 is 11.9. The molecule has 0 aliphatic heterocycles. The van der Waals surface area contributed by atoms with E-state index in [1.807, 2.05) is 0 Å². The summed E-state index contributed by atoms with van der Waals surface area (Å²) in [7, 11) is -8.10. The van der Waals surface area contributed by atoms with Gasteiger partial charge >= 0.3 is 0 Å². The minimum Gasteiger partial charge on any atom is -0.199 e. The van der Waals surface area contributed by atoms with Crippen LogP contribution in [0.15, 0.2) is 104 Å². The van der Waals surface area contributed by atoms with Gasteiger partial charge in [-0.2, -0.15) is 25.6 Å². The Morgan fingerprint density at radius 3 is 1.29 bits per heavy atom. The molecule has 1 fully saturated rings. The molecule has 4 aliphatic carbocycles. The number of hydrogen-bond acceptors (Lipinski definition) is 4. The third-order valence-corrected chi connectivity index (χ3v) is 10.6. The molecule has 0 spiro atoms. The number of allylic oxidation sites excluding steroid dienone is 2. The number of benzene rings is 3. The minimum absolute atomic E-state index is 0.0148. The van der Waals surface area contributed by atoms with E-state index in [0.717, 1.165) is 12.8 Å². The lowest BCUT2D eigenvalue weighted by Crippen LogP contribution is -2.49. The summed E-state index contributed by atoms with van der Waals surface area (Å²) in [5.74, 6) is -0.619. The molecule has 1 saturated carbocycles. The first-order valence-electron chi connectivity index (χ1n) is 12.1. The van der Waals surface area contributed by atoms with Gasteiger partial charge < -0.3 is 0 Å². The van der Waals surface area contributed by atoms with Crippen molar-refractivity contribution < 1.29 is 16.8 Å². The smallest absolute Gasteiger partial charge is 0.199 e. The van der Waals surface area contributed by atoms with Gasteiger partial charge in [-0.25, -0.2) is 0 Å². The van der Waals surface area contributed by atoms with Crippen LogP contribution in [0.4, 0.5) is 0 Å². The van der Waals surface area contributed by atoms with Crippen LogP contribution in [0.25, 0.3) is 0 Å². The SMILES string of the molecule is O=S(=O)(/N=C1/c2ccccc2/C(=N/S(=O)(=O)c2ccc(Cl)cc2)C2C3C=CC(CC3)C12)c1ccc(Cl)cc1. The Kier molecular flexibility index (Phi) is 6.34. The highest BCUT2D eigenvalue weighted by molar-refractivity contribution is 7.90. The van der Waals surface area contributed by atoms with E-state index in [9.17, 15) is 16.8 Å². The zero-order valence-corrected chi connectivity index (χ0v) is 23.1. The number of nitrogens with zero attached hydrogens (tertiary/aromatic N) is 2. The van der Waals surface area contributed by atoms with Crippen molar-refractivity contribution in [2.45, 2.75) is 22.6 Å². The van der Waals surface area contributed by atoms with Gasteiger partial charge in [0.15, 0.2) is 0 Å². The van der Waals surface area contributed by atoms with Crippen molar-refractivity contribution >= 4 is 54.7 Å². The predicted octanol–water partition coefficient (Wildman–Crippen LogP) is 6.19. The second-order valence-electron chi connectivity index (χ2n) is 9.70. The Morgan fingerprint density at radius 1 is 0.579 bits per heavy atom. The summed E-state index contributed by atoms with van der Waals surface area (Å²) < 4.78 is 62.6. The molecule has 4 aliphatic rings. The molecule has 0 heterocycles. The predicted molar refractivity (Wildman–Crippen MR) is 149 cm³/mol. The summed E-state index contributed by atoms with van der Waals surface area (Å²) in [4.78, 5) is 0.0921. The van der Waals surface area contributed by atoms with Crippen molar-refractivity contribution in [3.05, 3.63) is 106 Å². The molecule has 6 nitrogen and oxygen atoms in total. The average molecular weight is 586 g/mol. The van der Waals surface area contributed by atoms with E-state index in [1.54, 1.807) is 24.3 Å². The van der Waals surface area contributed by atoms with E-state index in [4.69, 9.17) is 23.2 Å². The number of halogens is 2. The van der Waals surface area contributed by atoms with Crippen LogP contribution in [-0.2, 0) is 20.0 Å². The third-order valence-electron chi connectivity index (χ3n) is 7.52. The summed E-state index contributed by atoms with van der Waals surface area (Å²) in [5, 5.41) is 0.856. The Hall–Kier alpha value is -2.78. The average Bonchev–Trinajstić information content (AvgIpc) is 2.91. The van der Waals surface area contributed by atoms with Gasteiger partial charge in [-0.3, -0.25) is 0 Å². The first-order chi connectivity index (χ1) is 18.1. The zero-order valence-electron chi connectivity index (χ0n) is 19.9. The number of rotatable bonds is 4. The van der Waals surface area contributed by atoms with E-state index in [-0.39, 0.29) is 33.5 Å². The molecule has 4 unspecified atom stereocenters. The monoisotopic (exact) mass is 584 g/mol. The molecule has 194 valence electrons. The molecule has 0 saturated heterocycles. The molecule has 0 amide bonds. The van der Waals surface area contributed by atoms with Crippen molar-refractivity contribution in [3.8, 4) is 0 Å². The highest BCUT2D eigenvalue weighted by Crippen LogP contribution is 2.51. The molecule has 0 aromatic heterocycles. The van der Waals surface area contributed by atoms with Crippen molar-refractivity contribution in [1.82, 2.24) is 0 Å². The number of sulfonamides is 2. The van der Waals surface area contributed by atoms with E-state index >= 15 is 0 Å². The highest BCUT2D eigenvalue weighted by Gasteiger charge is 2.50. The molecular formula is C28H22Cl2N2O4S2. The van der Waals surface area contributed by atoms with Gasteiger partial charge in [-0.15, -0.1) is 0 Å². The van der Waals surface area contributed by atoms with E-state index in [0.29, 0.717) is 32.6 Å². The second-order valence-corrected chi connectivity index (χ2v) is 13.8. The Bertz CT molecular complexity index is 1600. The van der Waals surface area contributed by atoms with Crippen LogP contribution < -0.4 is 0 Å². The van der Waals surface area contributed by atoms with Crippen LogP contribution in [-0.4, -0.2) is 28.3 Å². The first-order valence-corrected chi connectivity index (χ1v) is 15.8. The standard InChI is InChI=1S/C28H22Cl2N2O4S2/c29-19-9-13-21(14-10-19)37(33,34)31-27-23-3-1-2-4-24(23)28(26-18-7-5-17(6-8-18)25(26)27)32-38(35,36)22-15-11-20(30)12-16-22/h1-5,7,9-18,25-26H,6,8H2/b31-27-,32-28-. The molecule has 7 rings (SSSR count). The maximum atomic E-state index is 13.4. The van der Waals surface area contributed by atoms with Gasteiger partial charge in [0.05, 0.1) is 21.2 Å². The maximum absolute atomic E-state index is 13.4. The van der Waals surface area contributed by atoms with Crippen LogP contribution in [0.1, 0.15) is 24.0 Å². The fourth-order valence-electron chi connectivity index (χ4n) is 5.83. The number of hydrogen-bond donors (Lipinski definition) is 0. The summed E-state index contributed by atoms with van der Waals surface area (Å²) in [6.45, 7) is 0. The summed E-state index contributed by atoms with van der Waals surface area (Å²) in [5.41, 5.74) is 2.06. The van der Waals surface area contributed by atoms with Gasteiger partial charge in [0.25, 0.3) is 20.0 Å². The first kappa shape index (κ1) is 25.5. The lowest BCUT2D eigenvalue weighted by atomic mass is 9.55. The highest BCUT2D eigenvalue weighted by atomic mass is 35.5. The van der Waals surface area contributed by atoms with Crippen LogP contribution >= 0.6 is 23.2 Å². The topological polar surface area (TPSA) is 93.0 Å². The fraction of sp³-hybridized carbons (Fsp3) is 0.214. The van der Waals surface area contributed by atoms with Gasteiger partial charge in [-0.05, 0) is 73.2 Å². The maximum Gasteiger partial charge on any atom is 0.282 e. The van der Waals surface area contributed by atoms with Crippen molar-refractivity contribution in [1.29, 1.82) is 0 Å².